The van der Waals surface area contributed by atoms with E-state index in [-0.39, 0.29) is 38.6 Å². The van der Waals surface area contributed by atoms with Gasteiger partial charge in [0, 0.05) is 19.4 Å². The third-order valence-corrected chi connectivity index (χ3v) is 7.89. The van der Waals surface area contributed by atoms with Gasteiger partial charge in [-0.1, -0.05) is 109 Å². The molecule has 0 rings (SSSR count). The topological polar surface area (TPSA) is 134 Å². The molecule has 0 saturated heterocycles. The lowest BCUT2D eigenvalue weighted by Crippen LogP contribution is -2.29. The van der Waals surface area contributed by atoms with E-state index in [1.807, 2.05) is 0 Å². The minimum atomic E-state index is -4.36. The number of phosphoric acid groups is 1. The number of phosphoric ester groups is 1. The lowest BCUT2D eigenvalue weighted by atomic mass is 10.1. The van der Waals surface area contributed by atoms with Gasteiger partial charge in [-0.05, 0) is 38.5 Å². The van der Waals surface area contributed by atoms with Gasteiger partial charge in [0.15, 0.2) is 6.10 Å². The predicted octanol–water partition coefficient (Wildman–Crippen LogP) is 8.32. The largest absolute Gasteiger partial charge is 0.472 e. The molecule has 0 bridgehead atoms. The van der Waals surface area contributed by atoms with Crippen LogP contribution in [0.1, 0.15) is 149 Å². The monoisotopic (exact) mass is 619 g/mol. The van der Waals surface area contributed by atoms with Crippen LogP contribution in [0.4, 0.5) is 0 Å². The minimum absolute atomic E-state index is 0.0541. The van der Waals surface area contributed by atoms with Crippen molar-refractivity contribution >= 4 is 19.8 Å². The molecule has 0 amide bonds. The number of hydrogen-bond acceptors (Lipinski definition) is 8. The van der Waals surface area contributed by atoms with Gasteiger partial charge in [0.1, 0.15) is 6.61 Å². The Morgan fingerprint density at radius 1 is 0.690 bits per heavy atom. The second kappa shape index (κ2) is 29.8. The quantitative estimate of drug-likeness (QED) is 0.0340. The molecule has 0 heterocycles. The second-order valence-corrected chi connectivity index (χ2v) is 12.5. The first-order valence-electron chi connectivity index (χ1n) is 16.7. The number of unbranched alkanes of at least 4 members (excludes halogenated alkanes) is 16. The summed E-state index contributed by atoms with van der Waals surface area (Å²) in [5.41, 5.74) is 5.30. The summed E-state index contributed by atoms with van der Waals surface area (Å²) in [5.74, 6) is -0.843. The molecule has 0 aliphatic heterocycles. The lowest BCUT2D eigenvalue weighted by molar-refractivity contribution is -0.161. The van der Waals surface area contributed by atoms with Crippen LogP contribution in [0.25, 0.3) is 0 Å². The van der Waals surface area contributed by atoms with Crippen LogP contribution in [0, 0.1) is 0 Å². The Kier molecular flexibility index (Phi) is 28.9. The molecule has 9 nitrogen and oxygen atoms in total. The molecule has 0 aromatic carbocycles. The van der Waals surface area contributed by atoms with Crippen molar-refractivity contribution in [1.29, 1.82) is 0 Å². The van der Waals surface area contributed by atoms with E-state index in [2.05, 4.69) is 26.0 Å². The molecule has 2 atom stereocenters. The fourth-order valence-electron chi connectivity index (χ4n) is 4.39. The van der Waals surface area contributed by atoms with Crippen LogP contribution in [0.5, 0.6) is 0 Å². The zero-order chi connectivity index (χ0) is 31.2. The van der Waals surface area contributed by atoms with E-state index in [0.29, 0.717) is 6.42 Å². The number of carbonyl (C=O) groups is 2. The van der Waals surface area contributed by atoms with Crippen LogP contribution in [0.3, 0.4) is 0 Å². The molecule has 10 heteroatoms. The van der Waals surface area contributed by atoms with Crippen LogP contribution in [0.2, 0.25) is 0 Å². The summed E-state index contributed by atoms with van der Waals surface area (Å²) in [6, 6.07) is 0. The first kappa shape index (κ1) is 40.8. The minimum Gasteiger partial charge on any atom is -0.462 e. The van der Waals surface area contributed by atoms with E-state index in [1.54, 1.807) is 0 Å². The Morgan fingerprint density at radius 2 is 1.17 bits per heavy atom. The van der Waals surface area contributed by atoms with Crippen molar-refractivity contribution in [3.8, 4) is 0 Å². The highest BCUT2D eigenvalue weighted by molar-refractivity contribution is 7.47. The number of allylic oxidation sites excluding steroid dienone is 2. The summed E-state index contributed by atoms with van der Waals surface area (Å²) in [4.78, 5) is 34.4. The highest BCUT2D eigenvalue weighted by Crippen LogP contribution is 2.43. The summed E-state index contributed by atoms with van der Waals surface area (Å²) in [7, 11) is -4.36. The van der Waals surface area contributed by atoms with Gasteiger partial charge in [0.2, 0.25) is 0 Å². The molecule has 0 spiro atoms. The van der Waals surface area contributed by atoms with Gasteiger partial charge in [-0.25, -0.2) is 4.57 Å². The molecular weight excluding hydrogens is 557 g/mol. The molecule has 0 saturated carbocycles. The van der Waals surface area contributed by atoms with Crippen LogP contribution >= 0.6 is 7.82 Å². The molecule has 0 aliphatic rings. The highest BCUT2D eigenvalue weighted by atomic mass is 31.2. The van der Waals surface area contributed by atoms with E-state index in [4.69, 9.17) is 24.3 Å². The predicted molar refractivity (Wildman–Crippen MR) is 169 cm³/mol. The third-order valence-electron chi connectivity index (χ3n) is 6.90. The Hall–Kier alpha value is -1.25. The van der Waals surface area contributed by atoms with Crippen molar-refractivity contribution in [3.63, 3.8) is 0 Å². The van der Waals surface area contributed by atoms with E-state index in [0.717, 1.165) is 51.4 Å². The smallest absolute Gasteiger partial charge is 0.462 e. The summed E-state index contributed by atoms with van der Waals surface area (Å²) in [6.45, 7) is 3.65. The number of carbonyl (C=O) groups excluding carboxylic acids is 2. The molecule has 0 aromatic rings. The Bertz CT molecular complexity index is 719. The first-order chi connectivity index (χ1) is 20.3. The Balaban J connectivity index is 4.30. The van der Waals surface area contributed by atoms with Crippen LogP contribution in [-0.4, -0.2) is 49.3 Å². The summed E-state index contributed by atoms with van der Waals surface area (Å²) in [5, 5.41) is 0. The van der Waals surface area contributed by atoms with Crippen molar-refractivity contribution in [2.24, 2.45) is 5.73 Å². The number of hydrogen-bond donors (Lipinski definition) is 2. The average Bonchev–Trinajstić information content (AvgIpc) is 2.97. The van der Waals surface area contributed by atoms with Crippen molar-refractivity contribution in [2.75, 3.05) is 26.4 Å². The molecule has 42 heavy (non-hydrogen) atoms. The fraction of sp³-hybridized carbons (Fsp3) is 0.875. The first-order valence-corrected chi connectivity index (χ1v) is 18.2. The van der Waals surface area contributed by atoms with Crippen LogP contribution in [-0.2, 0) is 32.7 Å². The molecule has 0 radical (unpaired) electrons. The summed E-state index contributed by atoms with van der Waals surface area (Å²) in [6.07, 6.45) is 25.4. The molecule has 248 valence electrons. The zero-order valence-electron chi connectivity index (χ0n) is 26.7. The Morgan fingerprint density at radius 3 is 1.71 bits per heavy atom. The van der Waals surface area contributed by atoms with E-state index >= 15 is 0 Å². The molecule has 0 aromatic heterocycles. The van der Waals surface area contributed by atoms with Gasteiger partial charge in [-0.2, -0.15) is 0 Å². The fourth-order valence-corrected chi connectivity index (χ4v) is 5.16. The van der Waals surface area contributed by atoms with Gasteiger partial charge in [0.05, 0.1) is 13.2 Å². The van der Waals surface area contributed by atoms with Crippen molar-refractivity contribution < 1.29 is 37.6 Å². The zero-order valence-corrected chi connectivity index (χ0v) is 27.6. The molecular formula is C32H62NO8P. The Labute approximate surface area is 256 Å². The van der Waals surface area contributed by atoms with Crippen LogP contribution < -0.4 is 5.73 Å². The van der Waals surface area contributed by atoms with Gasteiger partial charge < -0.3 is 20.1 Å². The van der Waals surface area contributed by atoms with Gasteiger partial charge >= 0.3 is 19.8 Å². The number of rotatable bonds is 31. The van der Waals surface area contributed by atoms with E-state index in [1.165, 1.54) is 64.2 Å². The molecule has 0 fully saturated rings. The number of nitrogens with two attached hydrogens (primary N) is 1. The average molecular weight is 620 g/mol. The molecule has 2 unspecified atom stereocenters. The van der Waals surface area contributed by atoms with Crippen molar-refractivity contribution in [3.05, 3.63) is 12.2 Å². The SMILES string of the molecule is CCCCCC/C=C\CCCCCCCC(=O)OC(COC(=O)CCCCCCCCCC)COP(=O)(O)OCCN. The third kappa shape index (κ3) is 28.9. The lowest BCUT2D eigenvalue weighted by Gasteiger charge is -2.19. The molecule has 3 N–H and O–H groups in total. The number of ether oxygens (including phenoxy) is 2. The van der Waals surface area contributed by atoms with Crippen LogP contribution in [0.15, 0.2) is 12.2 Å². The standard InChI is InChI=1S/C32H62NO8P/c1-3-5-7-9-11-13-14-15-16-17-19-21-23-25-32(35)41-30(29-40-42(36,37)39-27-26-33)28-38-31(34)24-22-20-18-12-10-8-6-4-2/h13-14,30H,3-12,15-29,33H2,1-2H3,(H,36,37)/b14-13-. The van der Waals surface area contributed by atoms with Crippen molar-refractivity contribution in [1.82, 2.24) is 0 Å². The normalized spacial score (nSPS) is 13.7. The number of esters is 2. The van der Waals surface area contributed by atoms with Gasteiger partial charge in [-0.15, -0.1) is 0 Å². The maximum Gasteiger partial charge on any atom is 0.472 e. The summed E-state index contributed by atoms with van der Waals surface area (Å²) >= 11 is 0. The maximum atomic E-state index is 12.4. The maximum absolute atomic E-state index is 12.4. The highest BCUT2D eigenvalue weighted by Gasteiger charge is 2.25. The van der Waals surface area contributed by atoms with Gasteiger partial charge in [0.25, 0.3) is 0 Å². The van der Waals surface area contributed by atoms with E-state index < -0.39 is 26.5 Å². The molecule has 0 aliphatic carbocycles. The van der Waals surface area contributed by atoms with Crippen molar-refractivity contribution in [2.45, 2.75) is 155 Å². The second-order valence-electron chi connectivity index (χ2n) is 11.0. The van der Waals surface area contributed by atoms with E-state index in [9.17, 15) is 19.0 Å². The van der Waals surface area contributed by atoms with Gasteiger partial charge in [-0.3, -0.25) is 18.6 Å². The summed E-state index contributed by atoms with van der Waals surface area (Å²) < 4.78 is 32.4.